The molecule has 0 atom stereocenters. The lowest BCUT2D eigenvalue weighted by Gasteiger charge is -2.33. The molecule has 0 saturated carbocycles. The number of aryl methyl sites for hydroxylation is 1. The smallest absolute Gasteiger partial charge is 0.315 e. The minimum absolute atomic E-state index is 0.0147. The quantitative estimate of drug-likeness (QED) is 0.879. The number of hydrogen-bond acceptors (Lipinski definition) is 3. The Balaban J connectivity index is 1.72. The molecule has 3 amide bonds. The molecule has 1 aliphatic rings. The topological polar surface area (TPSA) is 70.7 Å². The van der Waals surface area contributed by atoms with Crippen LogP contribution in [-0.4, -0.2) is 48.1 Å². The molecule has 0 spiro atoms. The average Bonchev–Trinajstić information content (AvgIpc) is 2.51. The molecule has 1 fully saturated rings. The van der Waals surface area contributed by atoms with E-state index in [4.69, 9.17) is 4.74 Å². The highest BCUT2D eigenvalue weighted by atomic mass is 16.5. The monoisotopic (exact) mass is 347 g/mol. The predicted octanol–water partition coefficient (Wildman–Crippen LogP) is 2.46. The third-order valence-corrected chi connectivity index (χ3v) is 4.02. The molecule has 6 heteroatoms. The first-order valence-corrected chi connectivity index (χ1v) is 8.79. The average molecular weight is 347 g/mol. The van der Waals surface area contributed by atoms with Crippen LogP contribution >= 0.6 is 0 Å². The van der Waals surface area contributed by atoms with Gasteiger partial charge in [0, 0.05) is 24.7 Å². The van der Waals surface area contributed by atoms with Crippen LogP contribution in [0.25, 0.3) is 0 Å². The van der Waals surface area contributed by atoms with Gasteiger partial charge in [0.2, 0.25) is 0 Å². The number of carbonyl (C=O) groups is 2. The van der Waals surface area contributed by atoms with Gasteiger partial charge in [-0.3, -0.25) is 4.79 Å². The van der Waals surface area contributed by atoms with E-state index in [1.807, 2.05) is 52.0 Å². The number of hydrogen-bond donors (Lipinski definition) is 2. The molecule has 1 aromatic carbocycles. The number of carbonyl (C=O) groups excluding carboxylic acids is 2. The van der Waals surface area contributed by atoms with Gasteiger partial charge in [0.25, 0.3) is 5.91 Å². The molecule has 2 N–H and O–H groups in total. The molecule has 1 heterocycles. The Morgan fingerprint density at radius 2 is 1.92 bits per heavy atom. The van der Waals surface area contributed by atoms with E-state index < -0.39 is 0 Å². The summed E-state index contributed by atoms with van der Waals surface area (Å²) in [5, 5.41) is 5.87. The number of ether oxygens (including phenoxy) is 1. The van der Waals surface area contributed by atoms with Crippen LogP contribution in [0.3, 0.4) is 0 Å². The minimum Gasteiger partial charge on any atom is -0.484 e. The van der Waals surface area contributed by atoms with Gasteiger partial charge in [-0.2, -0.15) is 0 Å². The van der Waals surface area contributed by atoms with Gasteiger partial charge in [0.15, 0.2) is 6.61 Å². The summed E-state index contributed by atoms with van der Waals surface area (Å²) in [6.45, 7) is 9.15. The number of benzene rings is 1. The van der Waals surface area contributed by atoms with Crippen molar-refractivity contribution >= 4 is 11.9 Å². The van der Waals surface area contributed by atoms with Crippen molar-refractivity contribution < 1.29 is 14.3 Å². The molecular formula is C19H29N3O3. The van der Waals surface area contributed by atoms with Crippen molar-refractivity contribution in [3.8, 4) is 5.75 Å². The van der Waals surface area contributed by atoms with E-state index in [0.29, 0.717) is 18.8 Å². The first-order chi connectivity index (χ1) is 11.7. The summed E-state index contributed by atoms with van der Waals surface area (Å²) >= 11 is 0. The first kappa shape index (κ1) is 19.1. The van der Waals surface area contributed by atoms with E-state index in [-0.39, 0.29) is 30.1 Å². The highest BCUT2D eigenvalue weighted by molar-refractivity contribution is 5.78. The molecule has 0 unspecified atom stereocenters. The van der Waals surface area contributed by atoms with Gasteiger partial charge in [0.1, 0.15) is 5.75 Å². The molecular weight excluding hydrogens is 318 g/mol. The molecule has 138 valence electrons. The van der Waals surface area contributed by atoms with Crippen molar-refractivity contribution in [2.75, 3.05) is 19.7 Å². The molecule has 2 rings (SSSR count). The van der Waals surface area contributed by atoms with Gasteiger partial charge < -0.3 is 20.3 Å². The standard InChI is InChI=1S/C19H29N3O3/c1-14-6-5-7-16(12-14)25-13-17(23)22-10-8-15(9-11-22)20-18(24)21-19(2,3)4/h5-7,12,15H,8-11,13H2,1-4H3,(H2,20,21,24). The summed E-state index contributed by atoms with van der Waals surface area (Å²) in [6, 6.07) is 7.61. The van der Waals surface area contributed by atoms with Crippen molar-refractivity contribution in [1.29, 1.82) is 0 Å². The molecule has 0 bridgehead atoms. The highest BCUT2D eigenvalue weighted by Crippen LogP contribution is 2.14. The van der Waals surface area contributed by atoms with Crippen LogP contribution in [0.5, 0.6) is 5.75 Å². The van der Waals surface area contributed by atoms with E-state index in [2.05, 4.69) is 10.6 Å². The zero-order chi connectivity index (χ0) is 18.4. The number of likely N-dealkylation sites (tertiary alicyclic amines) is 1. The normalized spacial score (nSPS) is 15.6. The summed E-state index contributed by atoms with van der Waals surface area (Å²) in [7, 11) is 0. The maximum Gasteiger partial charge on any atom is 0.315 e. The fourth-order valence-corrected chi connectivity index (χ4v) is 2.78. The van der Waals surface area contributed by atoms with E-state index in [1.54, 1.807) is 4.90 Å². The number of nitrogens with one attached hydrogen (secondary N) is 2. The second-order valence-electron chi connectivity index (χ2n) is 7.61. The largest absolute Gasteiger partial charge is 0.484 e. The van der Waals surface area contributed by atoms with Gasteiger partial charge in [-0.1, -0.05) is 12.1 Å². The van der Waals surface area contributed by atoms with Gasteiger partial charge in [-0.25, -0.2) is 4.79 Å². The lowest BCUT2D eigenvalue weighted by Crippen LogP contribution is -2.53. The zero-order valence-electron chi connectivity index (χ0n) is 15.6. The molecule has 0 radical (unpaired) electrons. The van der Waals surface area contributed by atoms with Crippen LogP contribution in [-0.2, 0) is 4.79 Å². The summed E-state index contributed by atoms with van der Waals surface area (Å²) < 4.78 is 5.58. The van der Waals surface area contributed by atoms with Gasteiger partial charge >= 0.3 is 6.03 Å². The minimum atomic E-state index is -0.256. The first-order valence-electron chi connectivity index (χ1n) is 8.79. The SMILES string of the molecule is Cc1cccc(OCC(=O)N2CCC(NC(=O)NC(C)(C)C)CC2)c1. The Morgan fingerprint density at radius 1 is 1.24 bits per heavy atom. The van der Waals surface area contributed by atoms with Gasteiger partial charge in [-0.15, -0.1) is 0 Å². The Kier molecular flexibility index (Phi) is 6.28. The van der Waals surface area contributed by atoms with Crippen molar-refractivity contribution in [2.24, 2.45) is 0 Å². The lowest BCUT2D eigenvalue weighted by atomic mass is 10.0. The van der Waals surface area contributed by atoms with Crippen LogP contribution in [0.4, 0.5) is 4.79 Å². The molecule has 25 heavy (non-hydrogen) atoms. The van der Waals surface area contributed by atoms with Gasteiger partial charge in [0.05, 0.1) is 0 Å². The Labute approximate surface area is 149 Å². The van der Waals surface area contributed by atoms with Crippen molar-refractivity contribution in [1.82, 2.24) is 15.5 Å². The summed E-state index contributed by atoms with van der Waals surface area (Å²) in [4.78, 5) is 26.0. The third-order valence-electron chi connectivity index (χ3n) is 4.02. The van der Waals surface area contributed by atoms with E-state index in [9.17, 15) is 9.59 Å². The molecule has 0 aliphatic carbocycles. The van der Waals surface area contributed by atoms with Crippen LogP contribution in [0.2, 0.25) is 0 Å². The maximum atomic E-state index is 12.3. The molecule has 0 aromatic heterocycles. The molecule has 1 aliphatic heterocycles. The number of amides is 3. The predicted molar refractivity (Wildman–Crippen MR) is 97.7 cm³/mol. The summed E-state index contributed by atoms with van der Waals surface area (Å²) in [5.74, 6) is 0.697. The number of urea groups is 1. The fourth-order valence-electron chi connectivity index (χ4n) is 2.78. The lowest BCUT2D eigenvalue weighted by molar-refractivity contribution is -0.134. The van der Waals surface area contributed by atoms with Crippen LogP contribution in [0.1, 0.15) is 39.2 Å². The van der Waals surface area contributed by atoms with Crippen molar-refractivity contribution in [3.05, 3.63) is 29.8 Å². The Morgan fingerprint density at radius 3 is 2.52 bits per heavy atom. The van der Waals surface area contributed by atoms with Crippen molar-refractivity contribution in [2.45, 2.75) is 52.1 Å². The van der Waals surface area contributed by atoms with Crippen LogP contribution < -0.4 is 15.4 Å². The second kappa shape index (κ2) is 8.23. The maximum absolute atomic E-state index is 12.3. The number of rotatable bonds is 4. The van der Waals surface area contributed by atoms with Crippen LogP contribution in [0, 0.1) is 6.92 Å². The Hall–Kier alpha value is -2.24. The van der Waals surface area contributed by atoms with Crippen molar-refractivity contribution in [3.63, 3.8) is 0 Å². The van der Waals surface area contributed by atoms with E-state index in [1.165, 1.54) is 0 Å². The highest BCUT2D eigenvalue weighted by Gasteiger charge is 2.25. The third kappa shape index (κ3) is 6.64. The Bertz CT molecular complexity index is 602. The van der Waals surface area contributed by atoms with E-state index >= 15 is 0 Å². The fraction of sp³-hybridized carbons (Fsp3) is 0.579. The van der Waals surface area contributed by atoms with Gasteiger partial charge in [-0.05, 0) is 58.2 Å². The second-order valence-corrected chi connectivity index (χ2v) is 7.61. The molecule has 1 saturated heterocycles. The van der Waals surface area contributed by atoms with Crippen LogP contribution in [0.15, 0.2) is 24.3 Å². The summed E-state index contributed by atoms with van der Waals surface area (Å²) in [6.07, 6.45) is 1.52. The molecule has 6 nitrogen and oxygen atoms in total. The summed E-state index contributed by atoms with van der Waals surface area (Å²) in [5.41, 5.74) is 0.846. The zero-order valence-corrected chi connectivity index (χ0v) is 15.6. The molecule has 1 aromatic rings. The number of piperidine rings is 1. The number of nitrogens with zero attached hydrogens (tertiary/aromatic N) is 1. The van der Waals surface area contributed by atoms with E-state index in [0.717, 1.165) is 18.4 Å².